The molecular formula is C38H35N3O2. The van der Waals surface area contributed by atoms with Crippen molar-refractivity contribution < 1.29 is 9.90 Å². The van der Waals surface area contributed by atoms with E-state index in [1.54, 1.807) is 7.05 Å². The maximum absolute atomic E-state index is 12.6. The number of nitrogens with one attached hydrogen (secondary N) is 1. The largest absolute Gasteiger partial charge is 0.378 e. The maximum Gasteiger partial charge on any atom is 0.251 e. The van der Waals surface area contributed by atoms with E-state index in [1.165, 1.54) is 0 Å². The second kappa shape index (κ2) is 11.3. The fourth-order valence-electron chi connectivity index (χ4n) is 6.32. The first-order chi connectivity index (χ1) is 20.9. The van der Waals surface area contributed by atoms with Gasteiger partial charge in [0, 0.05) is 18.8 Å². The molecule has 0 aliphatic rings. The van der Waals surface area contributed by atoms with E-state index in [9.17, 15) is 9.90 Å². The van der Waals surface area contributed by atoms with Gasteiger partial charge in [0.25, 0.3) is 5.91 Å². The molecule has 1 atom stereocenters. The molecule has 2 N–H and O–H groups in total. The number of imidazole rings is 1. The minimum Gasteiger partial charge on any atom is -0.378 e. The number of hydrogen-bond donors (Lipinski definition) is 2. The number of carbonyl (C=O) groups is 1. The van der Waals surface area contributed by atoms with Crippen LogP contribution in [0.3, 0.4) is 0 Å². The van der Waals surface area contributed by atoms with E-state index in [4.69, 9.17) is 4.98 Å². The smallest absolute Gasteiger partial charge is 0.251 e. The summed E-state index contributed by atoms with van der Waals surface area (Å²) in [7, 11) is 1.63. The Kier molecular flexibility index (Phi) is 7.43. The van der Waals surface area contributed by atoms with Crippen LogP contribution in [-0.4, -0.2) is 27.6 Å². The lowest BCUT2D eigenvalue weighted by Gasteiger charge is -2.37. The molecular weight excluding hydrogens is 530 g/mol. The van der Waals surface area contributed by atoms with Gasteiger partial charge in [-0.05, 0) is 51.1 Å². The zero-order valence-corrected chi connectivity index (χ0v) is 24.6. The standard InChI is InChI=1S/C38H35N3O2/c1-27(2)38(43,32-22-23-33-28(24-32)14-13-21-34(33)36(42)39-3)35-25-41(26-40-35)37(29-15-7-4-8-16-29,30-17-9-5-10-18-30)31-19-11-6-12-20-31/h4-27,43H,1-3H3,(H,39,42). The number of amides is 1. The van der Waals surface area contributed by atoms with Gasteiger partial charge in [0.05, 0.1) is 12.0 Å². The summed E-state index contributed by atoms with van der Waals surface area (Å²) in [4.78, 5) is 17.4. The fraction of sp³-hybridized carbons (Fsp3) is 0.158. The number of hydrogen-bond acceptors (Lipinski definition) is 3. The summed E-state index contributed by atoms with van der Waals surface area (Å²) in [6.45, 7) is 4.01. The Balaban J connectivity index is 1.57. The fourth-order valence-corrected chi connectivity index (χ4v) is 6.32. The monoisotopic (exact) mass is 565 g/mol. The van der Waals surface area contributed by atoms with Gasteiger partial charge >= 0.3 is 0 Å². The van der Waals surface area contributed by atoms with Crippen LogP contribution in [0, 0.1) is 5.92 Å². The molecule has 1 heterocycles. The summed E-state index contributed by atoms with van der Waals surface area (Å²) in [5.74, 6) is -0.342. The van der Waals surface area contributed by atoms with Gasteiger partial charge in [-0.3, -0.25) is 4.79 Å². The van der Waals surface area contributed by atoms with Crippen molar-refractivity contribution in [3.8, 4) is 0 Å². The van der Waals surface area contributed by atoms with Gasteiger partial charge in [-0.25, -0.2) is 4.98 Å². The van der Waals surface area contributed by atoms with Crippen LogP contribution < -0.4 is 5.32 Å². The van der Waals surface area contributed by atoms with Gasteiger partial charge in [-0.1, -0.05) is 129 Å². The summed E-state index contributed by atoms with van der Waals surface area (Å²) in [6.07, 6.45) is 3.82. The highest BCUT2D eigenvalue weighted by Gasteiger charge is 2.42. The zero-order valence-electron chi connectivity index (χ0n) is 24.6. The molecule has 0 saturated heterocycles. The van der Waals surface area contributed by atoms with Crippen LogP contribution in [0.2, 0.25) is 0 Å². The van der Waals surface area contributed by atoms with E-state index < -0.39 is 11.1 Å². The van der Waals surface area contributed by atoms with Gasteiger partial charge < -0.3 is 15.0 Å². The molecule has 6 aromatic rings. The number of nitrogens with zero attached hydrogens (tertiary/aromatic N) is 2. The first-order valence-electron chi connectivity index (χ1n) is 14.6. The summed E-state index contributed by atoms with van der Waals surface area (Å²) in [5, 5.41) is 17.0. The topological polar surface area (TPSA) is 67.2 Å². The molecule has 1 aromatic heterocycles. The van der Waals surface area contributed by atoms with Crippen molar-refractivity contribution in [2.24, 2.45) is 5.92 Å². The van der Waals surface area contributed by atoms with E-state index in [0.29, 0.717) is 11.3 Å². The lowest BCUT2D eigenvalue weighted by Crippen LogP contribution is -2.37. The Hall–Kier alpha value is -5.00. The molecule has 214 valence electrons. The summed E-state index contributed by atoms with van der Waals surface area (Å²) < 4.78 is 2.13. The second-order valence-electron chi connectivity index (χ2n) is 11.2. The third-order valence-corrected chi connectivity index (χ3v) is 8.56. The second-order valence-corrected chi connectivity index (χ2v) is 11.2. The first kappa shape index (κ1) is 28.1. The van der Waals surface area contributed by atoms with Gasteiger partial charge in [0.2, 0.25) is 0 Å². The third kappa shape index (κ3) is 4.62. The van der Waals surface area contributed by atoms with Crippen LogP contribution in [0.4, 0.5) is 0 Å². The zero-order chi connectivity index (χ0) is 30.0. The summed E-state index contributed by atoms with van der Waals surface area (Å²) in [5.41, 5.74) is 2.99. The maximum atomic E-state index is 12.6. The van der Waals surface area contributed by atoms with Crippen LogP contribution >= 0.6 is 0 Å². The Morgan fingerprint density at radius 3 is 1.81 bits per heavy atom. The van der Waals surface area contributed by atoms with Crippen LogP contribution in [0.5, 0.6) is 0 Å². The molecule has 6 rings (SSSR count). The summed E-state index contributed by atoms with van der Waals surface area (Å²) >= 11 is 0. The number of rotatable bonds is 8. The first-order valence-corrected chi connectivity index (χ1v) is 14.6. The van der Waals surface area contributed by atoms with E-state index in [1.807, 2.05) is 81.0 Å². The molecule has 0 aliphatic heterocycles. The molecule has 5 nitrogen and oxygen atoms in total. The van der Waals surface area contributed by atoms with Crippen molar-refractivity contribution in [3.05, 3.63) is 173 Å². The predicted molar refractivity (Wildman–Crippen MR) is 172 cm³/mol. The molecule has 0 spiro atoms. The third-order valence-electron chi connectivity index (χ3n) is 8.56. The number of fused-ring (bicyclic) bond motifs is 1. The van der Waals surface area contributed by atoms with Crippen molar-refractivity contribution in [3.63, 3.8) is 0 Å². The predicted octanol–water partition coefficient (Wildman–Crippen LogP) is 7.13. The van der Waals surface area contributed by atoms with Crippen LogP contribution in [0.1, 0.15) is 52.2 Å². The number of aliphatic hydroxyl groups is 1. The van der Waals surface area contributed by atoms with Gasteiger partial charge in [-0.2, -0.15) is 0 Å². The normalized spacial score (nSPS) is 13.1. The molecule has 0 aliphatic carbocycles. The minimum atomic E-state index is -1.39. The molecule has 0 fully saturated rings. The molecule has 43 heavy (non-hydrogen) atoms. The number of carbonyl (C=O) groups excluding carboxylic acids is 1. The Labute approximate surface area is 252 Å². The van der Waals surface area contributed by atoms with E-state index in [0.717, 1.165) is 33.0 Å². The van der Waals surface area contributed by atoms with Gasteiger partial charge in [-0.15, -0.1) is 0 Å². The van der Waals surface area contributed by atoms with E-state index in [-0.39, 0.29) is 11.8 Å². The van der Waals surface area contributed by atoms with Gasteiger partial charge in [0.1, 0.15) is 11.1 Å². The SMILES string of the molecule is CNC(=O)c1cccc2cc(C(O)(c3cn(C(c4ccccc4)(c4ccccc4)c4ccccc4)cn3)C(C)C)ccc12. The van der Waals surface area contributed by atoms with Crippen LogP contribution in [-0.2, 0) is 11.1 Å². The number of aromatic nitrogens is 2. The Morgan fingerprint density at radius 1 is 0.744 bits per heavy atom. The Morgan fingerprint density at radius 2 is 1.30 bits per heavy atom. The highest BCUT2D eigenvalue weighted by molar-refractivity contribution is 6.07. The molecule has 0 bridgehead atoms. The van der Waals surface area contributed by atoms with Gasteiger partial charge in [0.15, 0.2) is 0 Å². The van der Waals surface area contributed by atoms with Crippen molar-refractivity contribution in [1.29, 1.82) is 0 Å². The molecule has 1 unspecified atom stereocenters. The Bertz CT molecular complexity index is 1770. The lowest BCUT2D eigenvalue weighted by atomic mass is 9.76. The molecule has 5 heteroatoms. The van der Waals surface area contributed by atoms with Crippen molar-refractivity contribution in [1.82, 2.24) is 14.9 Å². The van der Waals surface area contributed by atoms with E-state index >= 15 is 0 Å². The number of benzene rings is 5. The lowest BCUT2D eigenvalue weighted by molar-refractivity contribution is 0.0279. The molecule has 1 amide bonds. The van der Waals surface area contributed by atoms with E-state index in [2.05, 4.69) is 82.7 Å². The minimum absolute atomic E-state index is 0.143. The molecule has 0 radical (unpaired) electrons. The average Bonchev–Trinajstić information content (AvgIpc) is 3.56. The van der Waals surface area contributed by atoms with Crippen LogP contribution in [0.15, 0.2) is 140 Å². The summed E-state index contributed by atoms with van der Waals surface area (Å²) in [6, 6.07) is 42.7. The highest BCUT2D eigenvalue weighted by Crippen LogP contribution is 2.43. The average molecular weight is 566 g/mol. The van der Waals surface area contributed by atoms with Crippen molar-refractivity contribution >= 4 is 16.7 Å². The molecule has 5 aromatic carbocycles. The van der Waals surface area contributed by atoms with Crippen LogP contribution in [0.25, 0.3) is 10.8 Å². The van der Waals surface area contributed by atoms with Crippen molar-refractivity contribution in [2.75, 3.05) is 7.05 Å². The van der Waals surface area contributed by atoms with Crippen molar-refractivity contribution in [2.45, 2.75) is 25.0 Å². The quantitative estimate of drug-likeness (QED) is 0.193. The highest BCUT2D eigenvalue weighted by atomic mass is 16.3. The molecule has 0 saturated carbocycles.